The Kier molecular flexibility index (Phi) is 8.55. The fourth-order valence-corrected chi connectivity index (χ4v) is 7.34. The number of carbonyl (C=O) groups excluding carboxylic acids is 1. The van der Waals surface area contributed by atoms with Crippen molar-refractivity contribution in [2.75, 3.05) is 47.4 Å². The second-order valence-electron chi connectivity index (χ2n) is 10.4. The fraction of sp³-hybridized carbons (Fsp3) is 0.654. The highest BCUT2D eigenvalue weighted by Gasteiger charge is 2.31. The SMILES string of the molecule is COc1cc(C)c(S(=O)(=O)Cc2noc(CC(=O)N(C)C3CCC(N4CCN(C)CC4)CC3)n2)c(C)c1. The number of benzene rings is 1. The van der Waals surface area contributed by atoms with Crippen LogP contribution in [-0.4, -0.2) is 98.6 Å². The molecule has 204 valence electrons. The minimum absolute atomic E-state index is 0.0392. The van der Waals surface area contributed by atoms with Crippen LogP contribution in [0.15, 0.2) is 21.6 Å². The van der Waals surface area contributed by atoms with Gasteiger partial charge in [-0.3, -0.25) is 9.69 Å². The standard InChI is InChI=1S/C26H39N5O5S/c1-18-14-22(35-5)15-19(2)26(18)37(33,34)17-23-27-24(36-28-23)16-25(32)30(4)20-6-8-21(9-7-20)31-12-10-29(3)11-13-31/h14-15,20-21H,6-13,16-17H2,1-5H3. The number of hydrogen-bond acceptors (Lipinski definition) is 9. The molecule has 37 heavy (non-hydrogen) atoms. The van der Waals surface area contributed by atoms with E-state index >= 15 is 0 Å². The molecule has 0 radical (unpaired) electrons. The van der Waals surface area contributed by atoms with Gasteiger partial charge in [0.1, 0.15) is 17.9 Å². The molecule has 2 heterocycles. The zero-order valence-electron chi connectivity index (χ0n) is 22.6. The van der Waals surface area contributed by atoms with Crippen LogP contribution in [0.2, 0.25) is 0 Å². The molecule has 11 heteroatoms. The minimum Gasteiger partial charge on any atom is -0.497 e. The first-order chi connectivity index (χ1) is 17.6. The Balaban J connectivity index is 1.32. The van der Waals surface area contributed by atoms with Crippen molar-refractivity contribution >= 4 is 15.7 Å². The highest BCUT2D eigenvalue weighted by molar-refractivity contribution is 7.90. The van der Waals surface area contributed by atoms with Gasteiger partial charge < -0.3 is 19.1 Å². The first-order valence-corrected chi connectivity index (χ1v) is 14.6. The third kappa shape index (κ3) is 6.50. The molecular weight excluding hydrogens is 494 g/mol. The highest BCUT2D eigenvalue weighted by Crippen LogP contribution is 2.29. The maximum atomic E-state index is 13.1. The lowest BCUT2D eigenvalue weighted by atomic mass is 9.89. The van der Waals surface area contributed by atoms with Gasteiger partial charge in [-0.25, -0.2) is 8.42 Å². The monoisotopic (exact) mass is 533 g/mol. The molecule has 0 unspecified atom stereocenters. The number of rotatable bonds is 8. The summed E-state index contributed by atoms with van der Waals surface area (Å²) >= 11 is 0. The van der Waals surface area contributed by atoms with Crippen molar-refractivity contribution in [3.05, 3.63) is 35.0 Å². The molecule has 4 rings (SSSR count). The van der Waals surface area contributed by atoms with E-state index in [1.165, 1.54) is 0 Å². The van der Waals surface area contributed by atoms with E-state index in [4.69, 9.17) is 9.26 Å². The molecule has 0 N–H and O–H groups in total. The van der Waals surface area contributed by atoms with E-state index in [2.05, 4.69) is 27.0 Å². The quantitative estimate of drug-likeness (QED) is 0.505. The number of hydrogen-bond donors (Lipinski definition) is 0. The summed E-state index contributed by atoms with van der Waals surface area (Å²) in [6, 6.07) is 4.18. The topological polar surface area (TPSA) is 109 Å². The molecular formula is C26H39N5O5S. The zero-order chi connectivity index (χ0) is 26.7. The van der Waals surface area contributed by atoms with Crippen molar-refractivity contribution in [1.29, 1.82) is 0 Å². The summed E-state index contributed by atoms with van der Waals surface area (Å²) in [4.78, 5) is 24.2. The van der Waals surface area contributed by atoms with Crippen molar-refractivity contribution in [2.24, 2.45) is 0 Å². The number of amides is 1. The van der Waals surface area contributed by atoms with Crippen LogP contribution in [0.5, 0.6) is 5.75 Å². The molecule has 1 saturated carbocycles. The Morgan fingerprint density at radius 1 is 1.11 bits per heavy atom. The minimum atomic E-state index is -3.71. The Morgan fingerprint density at radius 3 is 2.32 bits per heavy atom. The summed E-state index contributed by atoms with van der Waals surface area (Å²) in [5, 5.41) is 3.84. The number of carbonyl (C=O) groups is 1. The fourth-order valence-electron chi connectivity index (χ4n) is 5.64. The van der Waals surface area contributed by atoms with Gasteiger partial charge in [0.2, 0.25) is 11.8 Å². The number of sulfone groups is 1. The van der Waals surface area contributed by atoms with Crippen molar-refractivity contribution in [3.8, 4) is 5.75 Å². The van der Waals surface area contributed by atoms with E-state index in [1.807, 2.05) is 7.05 Å². The molecule has 2 aliphatic rings. The van der Waals surface area contributed by atoms with E-state index in [-0.39, 0.29) is 35.0 Å². The normalized spacial score (nSPS) is 21.6. The lowest BCUT2D eigenvalue weighted by Gasteiger charge is -2.42. The van der Waals surface area contributed by atoms with Crippen molar-refractivity contribution in [2.45, 2.75) is 68.7 Å². The molecule has 2 aromatic rings. The molecule has 10 nitrogen and oxygen atoms in total. The number of nitrogens with zero attached hydrogens (tertiary/aromatic N) is 5. The van der Waals surface area contributed by atoms with E-state index in [0.29, 0.717) is 22.9 Å². The number of piperazine rings is 1. The van der Waals surface area contributed by atoms with Gasteiger partial charge in [-0.2, -0.15) is 4.98 Å². The second kappa shape index (κ2) is 11.5. The van der Waals surface area contributed by atoms with Gasteiger partial charge in [-0.05, 0) is 69.8 Å². The Hall–Kier alpha value is -2.50. The van der Waals surface area contributed by atoms with Crippen molar-refractivity contribution < 1.29 is 22.5 Å². The predicted molar refractivity (Wildman–Crippen MR) is 139 cm³/mol. The molecule has 1 saturated heterocycles. The molecule has 0 spiro atoms. The maximum absolute atomic E-state index is 13.1. The summed E-state index contributed by atoms with van der Waals surface area (Å²) in [5.41, 5.74) is 1.19. The molecule has 1 aliphatic carbocycles. The van der Waals surface area contributed by atoms with Gasteiger partial charge in [0.25, 0.3) is 0 Å². The first-order valence-electron chi connectivity index (χ1n) is 12.9. The van der Waals surface area contributed by atoms with E-state index in [0.717, 1.165) is 51.9 Å². The predicted octanol–water partition coefficient (Wildman–Crippen LogP) is 2.23. The van der Waals surface area contributed by atoms with Gasteiger partial charge in [-0.15, -0.1) is 0 Å². The summed E-state index contributed by atoms with van der Waals surface area (Å²) in [7, 11) is 1.84. The molecule has 1 aliphatic heterocycles. The summed E-state index contributed by atoms with van der Waals surface area (Å²) in [6.07, 6.45) is 4.11. The van der Waals surface area contributed by atoms with Gasteiger partial charge in [-0.1, -0.05) is 5.16 Å². The van der Waals surface area contributed by atoms with Crippen LogP contribution in [0.3, 0.4) is 0 Å². The molecule has 0 bridgehead atoms. The number of ether oxygens (including phenoxy) is 1. The summed E-state index contributed by atoms with van der Waals surface area (Å²) in [5.74, 6) is 0.295. The van der Waals surface area contributed by atoms with E-state index in [1.54, 1.807) is 38.0 Å². The summed E-state index contributed by atoms with van der Waals surface area (Å²) in [6.45, 7) is 7.94. The Morgan fingerprint density at radius 2 is 1.73 bits per heavy atom. The van der Waals surface area contributed by atoms with Crippen LogP contribution in [0, 0.1) is 13.8 Å². The number of likely N-dealkylation sites (N-methyl/N-ethyl adjacent to an activating group) is 2. The largest absolute Gasteiger partial charge is 0.497 e. The number of aromatic nitrogens is 2. The van der Waals surface area contributed by atoms with E-state index < -0.39 is 15.6 Å². The third-order valence-corrected chi connectivity index (χ3v) is 9.68. The maximum Gasteiger partial charge on any atom is 0.236 e. The second-order valence-corrected chi connectivity index (χ2v) is 12.4. The van der Waals surface area contributed by atoms with Crippen LogP contribution in [0.4, 0.5) is 0 Å². The third-order valence-electron chi connectivity index (χ3n) is 7.77. The molecule has 1 amide bonds. The molecule has 2 fully saturated rings. The van der Waals surface area contributed by atoms with Crippen LogP contribution in [0.1, 0.15) is 48.5 Å². The van der Waals surface area contributed by atoms with Crippen LogP contribution >= 0.6 is 0 Å². The Bertz CT molecular complexity index is 1170. The average Bonchev–Trinajstić information content (AvgIpc) is 3.29. The van der Waals surface area contributed by atoms with E-state index in [9.17, 15) is 13.2 Å². The lowest BCUT2D eigenvalue weighted by molar-refractivity contribution is -0.132. The van der Waals surface area contributed by atoms with Crippen molar-refractivity contribution in [3.63, 3.8) is 0 Å². The highest BCUT2D eigenvalue weighted by atomic mass is 32.2. The van der Waals surface area contributed by atoms with Crippen LogP contribution < -0.4 is 4.74 Å². The average molecular weight is 534 g/mol. The Labute approximate surface area is 219 Å². The number of aryl methyl sites for hydroxylation is 2. The lowest BCUT2D eigenvalue weighted by Crippen LogP contribution is -2.51. The number of methoxy groups -OCH3 is 1. The smallest absolute Gasteiger partial charge is 0.236 e. The first kappa shape index (κ1) is 27.5. The van der Waals surface area contributed by atoms with Gasteiger partial charge in [0, 0.05) is 45.3 Å². The molecule has 1 aromatic carbocycles. The van der Waals surface area contributed by atoms with Crippen LogP contribution in [-0.2, 0) is 26.8 Å². The summed E-state index contributed by atoms with van der Waals surface area (Å²) < 4.78 is 36.7. The zero-order valence-corrected chi connectivity index (χ0v) is 23.4. The van der Waals surface area contributed by atoms with Gasteiger partial charge >= 0.3 is 0 Å². The van der Waals surface area contributed by atoms with Gasteiger partial charge in [0.15, 0.2) is 15.7 Å². The van der Waals surface area contributed by atoms with Gasteiger partial charge in [0.05, 0.1) is 12.0 Å². The molecule has 0 atom stereocenters. The van der Waals surface area contributed by atoms with Crippen LogP contribution in [0.25, 0.3) is 0 Å². The molecule has 1 aromatic heterocycles. The van der Waals surface area contributed by atoms with Crippen molar-refractivity contribution in [1.82, 2.24) is 24.8 Å².